The number of benzene rings is 4. The molecule has 0 N–H and O–H groups in total. The molecule has 0 saturated heterocycles. The van der Waals surface area contributed by atoms with Crippen molar-refractivity contribution in [3.8, 4) is 0 Å². The first-order chi connectivity index (χ1) is 16.5. The van der Waals surface area contributed by atoms with E-state index in [1.165, 1.54) is 55.0 Å². The fraction of sp³-hybridized carbons (Fsp3) is 0.176. The number of rotatable bonds is 2. The predicted molar refractivity (Wildman–Crippen MR) is 147 cm³/mol. The predicted octanol–water partition coefficient (Wildman–Crippen LogP) is 3.25. The molecule has 0 spiro atoms. The summed E-state index contributed by atoms with van der Waals surface area (Å²) in [5, 5.41) is 5.27. The maximum atomic E-state index is 3.45. The van der Waals surface area contributed by atoms with Crippen LogP contribution in [0.5, 0.6) is 0 Å². The van der Waals surface area contributed by atoms with Crippen LogP contribution in [0.15, 0.2) is 108 Å². The molecular weight excluding hydrogens is 658 g/mol. The van der Waals surface area contributed by atoms with Gasteiger partial charge in [-0.2, -0.15) is 23.3 Å². The molecular formula is C34H30Cl2Hf. The summed E-state index contributed by atoms with van der Waals surface area (Å²) in [6.45, 7) is 8.66. The fourth-order valence-electron chi connectivity index (χ4n) is 5.18. The Labute approximate surface area is 252 Å². The van der Waals surface area contributed by atoms with Crippen molar-refractivity contribution < 1.29 is 50.7 Å². The SMILES string of the molecule is CC1=[C-]C(C)C=C1c1cccc2ccccc12.CC1=[C-]C(C)C=C1c1cccc2ccccc12.[Cl-].[Cl-].[Hf+4]. The average Bonchev–Trinajstić information content (AvgIpc) is 3.37. The number of hydrogen-bond donors (Lipinski definition) is 0. The summed E-state index contributed by atoms with van der Waals surface area (Å²) < 4.78 is 0. The largest absolute Gasteiger partial charge is 4.00 e. The Morgan fingerprint density at radius 2 is 0.865 bits per heavy atom. The van der Waals surface area contributed by atoms with Crippen molar-refractivity contribution in [2.24, 2.45) is 11.8 Å². The van der Waals surface area contributed by atoms with Crippen LogP contribution in [0.25, 0.3) is 32.7 Å². The van der Waals surface area contributed by atoms with Crippen molar-refractivity contribution in [2.75, 3.05) is 0 Å². The Morgan fingerprint density at radius 1 is 0.514 bits per heavy atom. The van der Waals surface area contributed by atoms with Gasteiger partial charge in [-0.15, -0.1) is 0 Å². The third kappa shape index (κ3) is 6.63. The summed E-state index contributed by atoms with van der Waals surface area (Å²) in [6.07, 6.45) is 11.5. The fourth-order valence-corrected chi connectivity index (χ4v) is 5.18. The molecule has 2 aliphatic carbocycles. The molecule has 4 aromatic carbocycles. The number of fused-ring (bicyclic) bond motifs is 2. The van der Waals surface area contributed by atoms with Gasteiger partial charge in [-0.25, -0.2) is 11.1 Å². The van der Waals surface area contributed by atoms with Gasteiger partial charge in [-0.3, -0.25) is 12.2 Å². The van der Waals surface area contributed by atoms with Gasteiger partial charge in [0, 0.05) is 0 Å². The molecule has 2 atom stereocenters. The van der Waals surface area contributed by atoms with Crippen molar-refractivity contribution in [3.63, 3.8) is 0 Å². The molecule has 0 heterocycles. The van der Waals surface area contributed by atoms with Gasteiger partial charge >= 0.3 is 25.8 Å². The Kier molecular flexibility index (Phi) is 11.4. The molecule has 4 aromatic rings. The first kappa shape index (κ1) is 31.0. The summed E-state index contributed by atoms with van der Waals surface area (Å²) in [7, 11) is 0. The summed E-state index contributed by atoms with van der Waals surface area (Å²) >= 11 is 0. The summed E-state index contributed by atoms with van der Waals surface area (Å²) in [5.74, 6) is 0.868. The van der Waals surface area contributed by atoms with Crippen LogP contribution >= 0.6 is 0 Å². The third-order valence-corrected chi connectivity index (χ3v) is 6.69. The molecule has 0 fully saturated rings. The van der Waals surface area contributed by atoms with Gasteiger partial charge in [0.15, 0.2) is 0 Å². The normalized spacial score (nSPS) is 17.7. The van der Waals surface area contributed by atoms with Crippen LogP contribution in [0.4, 0.5) is 0 Å². The van der Waals surface area contributed by atoms with Gasteiger partial charge < -0.3 is 24.8 Å². The molecule has 3 heteroatoms. The molecule has 184 valence electrons. The van der Waals surface area contributed by atoms with Crippen molar-refractivity contribution in [2.45, 2.75) is 27.7 Å². The summed E-state index contributed by atoms with van der Waals surface area (Å²) in [5.41, 5.74) is 7.89. The quantitative estimate of drug-likeness (QED) is 0.225. The minimum atomic E-state index is 0. The van der Waals surface area contributed by atoms with Crippen LogP contribution in [0.1, 0.15) is 38.8 Å². The van der Waals surface area contributed by atoms with Crippen molar-refractivity contribution >= 4 is 32.7 Å². The maximum Gasteiger partial charge on any atom is 4.00 e. The number of allylic oxidation sites excluding steroid dienone is 8. The maximum absolute atomic E-state index is 3.45. The monoisotopic (exact) mass is 688 g/mol. The molecule has 0 aliphatic heterocycles. The molecule has 0 saturated carbocycles. The van der Waals surface area contributed by atoms with Crippen LogP contribution in [0.2, 0.25) is 0 Å². The molecule has 0 radical (unpaired) electrons. The molecule has 2 aliphatic rings. The second-order valence-electron chi connectivity index (χ2n) is 9.33. The summed E-state index contributed by atoms with van der Waals surface area (Å²) in [6, 6.07) is 30.1. The molecule has 0 amide bonds. The van der Waals surface area contributed by atoms with E-state index in [4.69, 9.17) is 0 Å². The van der Waals surface area contributed by atoms with Crippen molar-refractivity contribution in [3.05, 3.63) is 132 Å². The smallest absolute Gasteiger partial charge is 1.00 e. The molecule has 37 heavy (non-hydrogen) atoms. The Morgan fingerprint density at radius 3 is 1.22 bits per heavy atom. The van der Waals surface area contributed by atoms with E-state index in [-0.39, 0.29) is 50.7 Å². The zero-order valence-electron chi connectivity index (χ0n) is 21.6. The Bertz CT molecular complexity index is 1380. The second kappa shape index (κ2) is 13.6. The number of halogens is 2. The molecule has 0 nitrogen and oxygen atoms in total. The van der Waals surface area contributed by atoms with E-state index in [2.05, 4.69) is 137 Å². The average molecular weight is 688 g/mol. The minimum absolute atomic E-state index is 0. The van der Waals surface area contributed by atoms with E-state index in [1.807, 2.05) is 0 Å². The van der Waals surface area contributed by atoms with E-state index in [9.17, 15) is 0 Å². The van der Waals surface area contributed by atoms with E-state index in [1.54, 1.807) is 0 Å². The van der Waals surface area contributed by atoms with Gasteiger partial charge in [-0.05, 0) is 21.5 Å². The first-order valence-corrected chi connectivity index (χ1v) is 12.1. The van der Waals surface area contributed by atoms with Crippen LogP contribution in [-0.4, -0.2) is 0 Å². The third-order valence-electron chi connectivity index (χ3n) is 6.69. The van der Waals surface area contributed by atoms with Gasteiger partial charge in [-0.1, -0.05) is 136 Å². The molecule has 2 unspecified atom stereocenters. The van der Waals surface area contributed by atoms with Crippen LogP contribution in [0.3, 0.4) is 0 Å². The van der Waals surface area contributed by atoms with E-state index >= 15 is 0 Å². The molecule has 6 rings (SSSR count). The molecule has 0 bridgehead atoms. The van der Waals surface area contributed by atoms with Crippen LogP contribution in [-0.2, 0) is 25.8 Å². The van der Waals surface area contributed by atoms with E-state index in [0.717, 1.165) is 0 Å². The van der Waals surface area contributed by atoms with Crippen LogP contribution in [0, 0.1) is 24.0 Å². The van der Waals surface area contributed by atoms with Gasteiger partial charge in [0.25, 0.3) is 0 Å². The van der Waals surface area contributed by atoms with Gasteiger partial charge in [0.05, 0.1) is 0 Å². The topological polar surface area (TPSA) is 0 Å². The van der Waals surface area contributed by atoms with Gasteiger partial charge in [0.2, 0.25) is 0 Å². The van der Waals surface area contributed by atoms with E-state index in [0.29, 0.717) is 11.8 Å². The summed E-state index contributed by atoms with van der Waals surface area (Å²) in [4.78, 5) is 0. The Balaban J connectivity index is 0.000000241. The van der Waals surface area contributed by atoms with Gasteiger partial charge in [0.1, 0.15) is 0 Å². The molecule has 0 aromatic heterocycles. The Hall–Kier alpha value is -2.19. The standard InChI is InChI=1S/2C17H15.2ClH.Hf/c2*1-12-10-13(2)17(11-12)16-9-5-7-14-6-3-4-8-15(14)16;;;/h2*3-9,11-12H,1-2H3;2*1H;/q2*-1;;;+4/p-2. The minimum Gasteiger partial charge on any atom is -1.00 e. The zero-order valence-corrected chi connectivity index (χ0v) is 26.8. The van der Waals surface area contributed by atoms with Crippen molar-refractivity contribution in [1.82, 2.24) is 0 Å². The van der Waals surface area contributed by atoms with Crippen molar-refractivity contribution in [1.29, 1.82) is 0 Å². The van der Waals surface area contributed by atoms with E-state index < -0.39 is 0 Å². The first-order valence-electron chi connectivity index (χ1n) is 12.1. The van der Waals surface area contributed by atoms with Crippen LogP contribution < -0.4 is 24.8 Å². The second-order valence-corrected chi connectivity index (χ2v) is 9.33. The number of hydrogen-bond acceptors (Lipinski definition) is 0. The zero-order chi connectivity index (χ0) is 23.7.